The average molecular weight is 329 g/mol. The lowest BCUT2D eigenvalue weighted by molar-refractivity contribution is -0.140. The first-order chi connectivity index (χ1) is 11.2. The van der Waals surface area contributed by atoms with Crippen molar-refractivity contribution >= 4 is 5.91 Å². The Morgan fingerprint density at radius 1 is 1.29 bits per heavy atom. The highest BCUT2D eigenvalue weighted by molar-refractivity contribution is 5.86. The Hall–Kier alpha value is -2.11. The Labute approximate surface area is 141 Å². The van der Waals surface area contributed by atoms with Crippen molar-refractivity contribution < 1.29 is 19.4 Å². The second-order valence-corrected chi connectivity index (χ2v) is 6.94. The van der Waals surface area contributed by atoms with Gasteiger partial charge in [0, 0.05) is 18.4 Å². The van der Waals surface area contributed by atoms with Crippen LogP contribution in [-0.2, 0) is 23.2 Å². The summed E-state index contributed by atoms with van der Waals surface area (Å²) in [5.74, 6) is 0.870. The highest BCUT2D eigenvalue weighted by atomic mass is 16.3. The quantitative estimate of drug-likeness (QED) is 0.798. The number of rotatable bonds is 4. The number of aryl methyl sites for hydroxylation is 2. The van der Waals surface area contributed by atoms with Gasteiger partial charge < -0.3 is 19.9 Å². The van der Waals surface area contributed by atoms with Crippen molar-refractivity contribution in [2.75, 3.05) is 6.54 Å². The summed E-state index contributed by atoms with van der Waals surface area (Å²) >= 11 is 0. The van der Waals surface area contributed by atoms with Gasteiger partial charge in [-0.1, -0.05) is 24.3 Å². The van der Waals surface area contributed by atoms with Gasteiger partial charge in [-0.05, 0) is 38.0 Å². The molecule has 2 aromatic rings. The Bertz CT molecular complexity index is 750. The molecule has 0 saturated heterocycles. The van der Waals surface area contributed by atoms with Gasteiger partial charge in [0.1, 0.15) is 17.1 Å². The Kier molecular flexibility index (Phi) is 4.01. The molecule has 0 aliphatic heterocycles. The number of furan rings is 1. The fourth-order valence-corrected chi connectivity index (χ4v) is 3.43. The van der Waals surface area contributed by atoms with Crippen LogP contribution in [0.2, 0.25) is 0 Å². The summed E-state index contributed by atoms with van der Waals surface area (Å²) in [7, 11) is 0. The molecule has 3 N–H and O–H groups in total. The number of carbonyl (C=O) groups is 1. The van der Waals surface area contributed by atoms with Crippen LogP contribution in [0.15, 0.2) is 34.7 Å². The van der Waals surface area contributed by atoms with E-state index in [0.717, 1.165) is 11.1 Å². The number of carbonyl (C=O) groups excluding carboxylic acids is 1. The van der Waals surface area contributed by atoms with Crippen LogP contribution in [0, 0.1) is 13.8 Å². The smallest absolute Gasteiger partial charge is 0.252 e. The van der Waals surface area contributed by atoms with Gasteiger partial charge in [-0.25, -0.2) is 0 Å². The lowest BCUT2D eigenvalue weighted by Crippen LogP contribution is -2.51. The van der Waals surface area contributed by atoms with Crippen LogP contribution >= 0.6 is 0 Å². The van der Waals surface area contributed by atoms with Crippen molar-refractivity contribution in [3.05, 3.63) is 58.5 Å². The highest BCUT2D eigenvalue weighted by Gasteiger charge is 2.42. The third kappa shape index (κ3) is 2.97. The predicted molar refractivity (Wildman–Crippen MR) is 89.6 cm³/mol. The zero-order valence-corrected chi connectivity index (χ0v) is 14.2. The lowest BCUT2D eigenvalue weighted by atomic mass is 9.94. The highest BCUT2D eigenvalue weighted by Crippen LogP contribution is 2.31. The minimum Gasteiger partial charge on any atom is -0.466 e. The van der Waals surface area contributed by atoms with Gasteiger partial charge >= 0.3 is 0 Å². The van der Waals surface area contributed by atoms with Crippen molar-refractivity contribution in [2.24, 2.45) is 0 Å². The zero-order valence-electron chi connectivity index (χ0n) is 14.2. The summed E-state index contributed by atoms with van der Waals surface area (Å²) in [6.45, 7) is 5.21. The standard InChI is InChI=1S/C19H23NO4/c1-12-8-16(13(2)24-12)18(3,22)11-20-17(21)19(23)9-14-6-4-5-7-15(14)10-19/h4-8,22-23H,9-11H2,1-3H3,(H,20,21)/t18-/m1/s1. The molecule has 1 aromatic carbocycles. The molecule has 0 radical (unpaired) electrons. The summed E-state index contributed by atoms with van der Waals surface area (Å²) in [6, 6.07) is 9.42. The molecule has 1 amide bonds. The molecular weight excluding hydrogens is 306 g/mol. The van der Waals surface area contributed by atoms with E-state index in [1.807, 2.05) is 31.2 Å². The molecule has 24 heavy (non-hydrogen) atoms. The van der Waals surface area contributed by atoms with Crippen LogP contribution in [-0.4, -0.2) is 28.3 Å². The predicted octanol–water partition coefficient (Wildman–Crippen LogP) is 1.75. The van der Waals surface area contributed by atoms with Gasteiger partial charge in [0.15, 0.2) is 5.60 Å². The second kappa shape index (κ2) is 5.76. The van der Waals surface area contributed by atoms with E-state index in [0.29, 0.717) is 29.9 Å². The largest absolute Gasteiger partial charge is 0.466 e. The lowest BCUT2D eigenvalue weighted by Gasteiger charge is -2.27. The molecule has 3 rings (SSSR count). The van der Waals surface area contributed by atoms with E-state index in [9.17, 15) is 15.0 Å². The average Bonchev–Trinajstić information content (AvgIpc) is 3.04. The second-order valence-electron chi connectivity index (χ2n) is 6.94. The van der Waals surface area contributed by atoms with Crippen molar-refractivity contribution in [1.82, 2.24) is 5.32 Å². The van der Waals surface area contributed by atoms with Gasteiger partial charge in [-0.15, -0.1) is 0 Å². The number of aliphatic hydroxyl groups is 2. The van der Waals surface area contributed by atoms with Crippen LogP contribution in [0.4, 0.5) is 0 Å². The van der Waals surface area contributed by atoms with Gasteiger partial charge in [-0.3, -0.25) is 4.79 Å². The molecule has 1 atom stereocenters. The summed E-state index contributed by atoms with van der Waals surface area (Å²) in [6.07, 6.45) is 0.585. The topological polar surface area (TPSA) is 82.7 Å². The first kappa shape index (κ1) is 16.7. The maximum atomic E-state index is 12.5. The first-order valence-electron chi connectivity index (χ1n) is 8.09. The number of hydrogen-bond acceptors (Lipinski definition) is 4. The monoisotopic (exact) mass is 329 g/mol. The molecule has 1 aliphatic rings. The van der Waals surface area contributed by atoms with E-state index in [1.54, 1.807) is 19.9 Å². The number of hydrogen-bond donors (Lipinski definition) is 3. The summed E-state index contributed by atoms with van der Waals surface area (Å²) in [5, 5.41) is 24.1. The van der Waals surface area contributed by atoms with E-state index in [4.69, 9.17) is 4.42 Å². The molecule has 0 fully saturated rings. The van der Waals surface area contributed by atoms with Crippen molar-refractivity contribution in [2.45, 2.75) is 44.8 Å². The normalized spacial score (nSPS) is 18.0. The van der Waals surface area contributed by atoms with Crippen LogP contribution in [0.3, 0.4) is 0 Å². The van der Waals surface area contributed by atoms with Gasteiger partial charge in [0.2, 0.25) is 0 Å². The summed E-state index contributed by atoms with van der Waals surface area (Å²) in [5.41, 5.74) is -0.103. The minimum absolute atomic E-state index is 0.00427. The van der Waals surface area contributed by atoms with Gasteiger partial charge in [0.25, 0.3) is 5.91 Å². The molecule has 5 nitrogen and oxygen atoms in total. The van der Waals surface area contributed by atoms with E-state index >= 15 is 0 Å². The number of nitrogens with one attached hydrogen (secondary N) is 1. The SMILES string of the molecule is Cc1cc([C@](C)(O)CNC(=O)C2(O)Cc3ccccc3C2)c(C)o1. The van der Waals surface area contributed by atoms with E-state index in [-0.39, 0.29) is 6.54 Å². The molecule has 0 bridgehead atoms. The molecule has 1 heterocycles. The zero-order chi connectivity index (χ0) is 17.5. The molecule has 1 aromatic heterocycles. The summed E-state index contributed by atoms with van der Waals surface area (Å²) in [4.78, 5) is 12.5. The molecule has 5 heteroatoms. The van der Waals surface area contributed by atoms with Crippen LogP contribution in [0.25, 0.3) is 0 Å². The molecule has 0 spiro atoms. The van der Waals surface area contributed by atoms with E-state index < -0.39 is 17.1 Å². The Morgan fingerprint density at radius 2 is 1.88 bits per heavy atom. The van der Waals surface area contributed by atoms with Crippen LogP contribution in [0.5, 0.6) is 0 Å². The molecule has 1 aliphatic carbocycles. The van der Waals surface area contributed by atoms with Gasteiger partial charge in [-0.2, -0.15) is 0 Å². The van der Waals surface area contributed by atoms with Crippen LogP contribution in [0.1, 0.15) is 35.1 Å². The number of amides is 1. The third-order valence-corrected chi connectivity index (χ3v) is 4.72. The van der Waals surface area contributed by atoms with Crippen LogP contribution < -0.4 is 5.32 Å². The minimum atomic E-state index is -1.46. The fraction of sp³-hybridized carbons (Fsp3) is 0.421. The van der Waals surface area contributed by atoms with Gasteiger partial charge in [0.05, 0.1) is 6.54 Å². The molecule has 0 saturated carbocycles. The van der Waals surface area contributed by atoms with Crippen molar-refractivity contribution in [3.63, 3.8) is 0 Å². The van der Waals surface area contributed by atoms with E-state index in [2.05, 4.69) is 5.32 Å². The molecule has 0 unspecified atom stereocenters. The number of fused-ring (bicyclic) bond motifs is 1. The summed E-state index contributed by atoms with van der Waals surface area (Å²) < 4.78 is 5.45. The maximum Gasteiger partial charge on any atom is 0.252 e. The molecule has 128 valence electrons. The van der Waals surface area contributed by atoms with Crippen molar-refractivity contribution in [3.8, 4) is 0 Å². The third-order valence-electron chi connectivity index (χ3n) is 4.72. The first-order valence-corrected chi connectivity index (χ1v) is 8.09. The van der Waals surface area contributed by atoms with E-state index in [1.165, 1.54) is 0 Å². The Balaban J connectivity index is 1.69. The molecular formula is C19H23NO4. The Morgan fingerprint density at radius 3 is 2.38 bits per heavy atom. The fourth-order valence-electron chi connectivity index (χ4n) is 3.43. The van der Waals surface area contributed by atoms with Crippen molar-refractivity contribution in [1.29, 1.82) is 0 Å². The maximum absolute atomic E-state index is 12.5. The number of benzene rings is 1.